The summed E-state index contributed by atoms with van der Waals surface area (Å²) in [7, 11) is 0. The number of imide groups is 1. The molecule has 0 unspecified atom stereocenters. The Morgan fingerprint density at radius 3 is 2.46 bits per heavy atom. The van der Waals surface area contributed by atoms with Crippen LogP contribution in [-0.4, -0.2) is 39.1 Å². The smallest absolute Gasteiger partial charge is 0.262 e. The van der Waals surface area contributed by atoms with Gasteiger partial charge in [0.1, 0.15) is 6.54 Å². The molecule has 1 aromatic carbocycles. The molecule has 1 N–H and O–H groups in total. The maximum atomic E-state index is 12.3. The van der Waals surface area contributed by atoms with E-state index < -0.39 is 17.7 Å². The molecule has 0 spiro atoms. The number of carbonyl (C=O) groups is 3. The molecule has 3 amide bonds. The van der Waals surface area contributed by atoms with Gasteiger partial charge in [0.15, 0.2) is 5.13 Å². The summed E-state index contributed by atoms with van der Waals surface area (Å²) in [5.74, 6) is -1.40. The van der Waals surface area contributed by atoms with E-state index in [1.54, 1.807) is 48.1 Å². The zero-order valence-electron chi connectivity index (χ0n) is 13.4. The Hall–Kier alpha value is -3.39. The monoisotopic (exact) mass is 364 g/mol. The number of benzene rings is 1. The molecule has 8 heteroatoms. The van der Waals surface area contributed by atoms with Gasteiger partial charge in [0, 0.05) is 23.3 Å². The molecule has 3 heterocycles. The van der Waals surface area contributed by atoms with Crippen molar-refractivity contribution >= 4 is 34.2 Å². The number of pyridine rings is 1. The number of nitrogens with zero attached hydrogens (tertiary/aromatic N) is 3. The summed E-state index contributed by atoms with van der Waals surface area (Å²) in [6.45, 7) is -0.353. The number of fused-ring (bicyclic) bond motifs is 1. The van der Waals surface area contributed by atoms with Gasteiger partial charge in [-0.05, 0) is 24.3 Å². The molecule has 1 aliphatic heterocycles. The third-order valence-corrected chi connectivity index (χ3v) is 4.65. The number of aromatic nitrogens is 2. The summed E-state index contributed by atoms with van der Waals surface area (Å²) in [4.78, 5) is 46.1. The first-order valence-corrected chi connectivity index (χ1v) is 8.62. The average molecular weight is 364 g/mol. The van der Waals surface area contributed by atoms with Gasteiger partial charge in [-0.15, -0.1) is 11.3 Å². The van der Waals surface area contributed by atoms with Gasteiger partial charge in [-0.1, -0.05) is 12.1 Å². The second kappa shape index (κ2) is 6.49. The van der Waals surface area contributed by atoms with E-state index >= 15 is 0 Å². The zero-order chi connectivity index (χ0) is 18.1. The summed E-state index contributed by atoms with van der Waals surface area (Å²) in [5.41, 5.74) is 2.17. The minimum absolute atomic E-state index is 0.318. The lowest BCUT2D eigenvalue weighted by molar-refractivity contribution is -0.116. The molecule has 0 saturated carbocycles. The first-order valence-electron chi connectivity index (χ1n) is 7.74. The fourth-order valence-electron chi connectivity index (χ4n) is 2.66. The molecule has 128 valence electrons. The lowest BCUT2D eigenvalue weighted by atomic mass is 10.1. The van der Waals surface area contributed by atoms with Crippen LogP contribution in [-0.2, 0) is 4.79 Å². The van der Waals surface area contributed by atoms with Crippen LogP contribution >= 0.6 is 11.3 Å². The molecule has 0 atom stereocenters. The third-order valence-electron chi connectivity index (χ3n) is 3.89. The maximum absolute atomic E-state index is 12.3. The van der Waals surface area contributed by atoms with Crippen LogP contribution in [0.25, 0.3) is 11.3 Å². The number of hydrogen-bond acceptors (Lipinski definition) is 6. The number of hydrogen-bond donors (Lipinski definition) is 1. The van der Waals surface area contributed by atoms with E-state index in [0.717, 1.165) is 10.5 Å². The van der Waals surface area contributed by atoms with Crippen molar-refractivity contribution in [3.8, 4) is 11.3 Å². The molecule has 2 aromatic heterocycles. The Balaban J connectivity index is 1.45. The second-order valence-electron chi connectivity index (χ2n) is 5.57. The van der Waals surface area contributed by atoms with Crippen LogP contribution in [0, 0.1) is 0 Å². The van der Waals surface area contributed by atoms with E-state index in [2.05, 4.69) is 15.3 Å². The zero-order valence-corrected chi connectivity index (χ0v) is 14.2. The summed E-state index contributed by atoms with van der Waals surface area (Å²) in [5, 5.41) is 4.82. The third kappa shape index (κ3) is 2.86. The number of thiazole rings is 1. The molecule has 0 saturated heterocycles. The molecule has 26 heavy (non-hydrogen) atoms. The lowest BCUT2D eigenvalue weighted by Gasteiger charge is -2.12. The highest BCUT2D eigenvalue weighted by atomic mass is 32.1. The van der Waals surface area contributed by atoms with E-state index in [1.807, 2.05) is 6.07 Å². The molecule has 0 radical (unpaired) electrons. The van der Waals surface area contributed by atoms with Crippen molar-refractivity contribution in [2.24, 2.45) is 0 Å². The first-order chi connectivity index (χ1) is 12.6. The Bertz CT molecular complexity index is 981. The van der Waals surface area contributed by atoms with Crippen LogP contribution in [0.2, 0.25) is 0 Å². The molecule has 1 aliphatic rings. The number of carbonyl (C=O) groups excluding carboxylic acids is 3. The van der Waals surface area contributed by atoms with Gasteiger partial charge >= 0.3 is 0 Å². The van der Waals surface area contributed by atoms with Crippen LogP contribution in [0.3, 0.4) is 0 Å². The highest BCUT2D eigenvalue weighted by Gasteiger charge is 2.36. The molecular formula is C18H12N4O3S. The van der Waals surface area contributed by atoms with Gasteiger partial charge in [0.25, 0.3) is 11.8 Å². The average Bonchev–Trinajstić information content (AvgIpc) is 3.22. The molecule has 0 fully saturated rings. The number of rotatable bonds is 4. The predicted octanol–water partition coefficient (Wildman–Crippen LogP) is 2.44. The topological polar surface area (TPSA) is 92.3 Å². The van der Waals surface area contributed by atoms with Crippen LogP contribution < -0.4 is 5.32 Å². The van der Waals surface area contributed by atoms with Gasteiger partial charge < -0.3 is 5.32 Å². The maximum Gasteiger partial charge on any atom is 0.262 e. The van der Waals surface area contributed by atoms with Crippen molar-refractivity contribution in [2.45, 2.75) is 0 Å². The lowest BCUT2D eigenvalue weighted by Crippen LogP contribution is -2.37. The van der Waals surface area contributed by atoms with Gasteiger partial charge in [-0.2, -0.15) is 0 Å². The first kappa shape index (κ1) is 16.1. The minimum Gasteiger partial charge on any atom is -0.300 e. The molecule has 0 bridgehead atoms. The Morgan fingerprint density at radius 1 is 1.08 bits per heavy atom. The summed E-state index contributed by atoms with van der Waals surface area (Å²) < 4.78 is 0. The Kier molecular flexibility index (Phi) is 4.02. The Morgan fingerprint density at radius 2 is 1.81 bits per heavy atom. The van der Waals surface area contributed by atoms with Gasteiger partial charge in [0.05, 0.1) is 16.8 Å². The van der Waals surface area contributed by atoms with Gasteiger partial charge in [-0.25, -0.2) is 4.98 Å². The summed E-state index contributed by atoms with van der Waals surface area (Å²) >= 11 is 1.26. The van der Waals surface area contributed by atoms with Crippen molar-refractivity contribution in [2.75, 3.05) is 11.9 Å². The van der Waals surface area contributed by atoms with E-state index in [9.17, 15) is 14.4 Å². The number of anilines is 1. The highest BCUT2D eigenvalue weighted by Crippen LogP contribution is 2.25. The van der Waals surface area contributed by atoms with Crippen LogP contribution in [0.1, 0.15) is 20.7 Å². The van der Waals surface area contributed by atoms with Crippen LogP contribution in [0.15, 0.2) is 54.2 Å². The normalized spacial score (nSPS) is 13.0. The van der Waals surface area contributed by atoms with Gasteiger partial charge in [-0.3, -0.25) is 24.3 Å². The summed E-state index contributed by atoms with van der Waals surface area (Å²) in [6, 6.07) is 10.2. The standard InChI is InChI=1S/C18H12N4O3S/c23-15(9-22-16(24)12-5-1-2-6-13(12)17(22)25)21-18-20-14(10-26-18)11-4-3-7-19-8-11/h1-8,10H,9H2,(H,20,21,23). The largest absolute Gasteiger partial charge is 0.300 e. The molecule has 0 aliphatic carbocycles. The predicted molar refractivity (Wildman–Crippen MR) is 95.8 cm³/mol. The van der Waals surface area contributed by atoms with Crippen molar-refractivity contribution in [3.63, 3.8) is 0 Å². The van der Waals surface area contributed by atoms with Crippen molar-refractivity contribution in [1.82, 2.24) is 14.9 Å². The van der Waals surface area contributed by atoms with Crippen molar-refractivity contribution in [1.29, 1.82) is 0 Å². The van der Waals surface area contributed by atoms with Crippen molar-refractivity contribution < 1.29 is 14.4 Å². The van der Waals surface area contributed by atoms with E-state index in [1.165, 1.54) is 11.3 Å². The fraction of sp³-hybridized carbons (Fsp3) is 0.0556. The summed E-state index contributed by atoms with van der Waals surface area (Å²) in [6.07, 6.45) is 3.35. The van der Waals surface area contributed by atoms with Gasteiger partial charge in [0.2, 0.25) is 5.91 Å². The number of nitrogens with one attached hydrogen (secondary N) is 1. The molecule has 3 aromatic rings. The molecular weight excluding hydrogens is 352 g/mol. The fourth-order valence-corrected chi connectivity index (χ4v) is 3.40. The van der Waals surface area contributed by atoms with E-state index in [4.69, 9.17) is 0 Å². The highest BCUT2D eigenvalue weighted by molar-refractivity contribution is 7.14. The van der Waals surface area contributed by atoms with Crippen LogP contribution in [0.5, 0.6) is 0 Å². The molecule has 4 rings (SSSR count). The van der Waals surface area contributed by atoms with E-state index in [0.29, 0.717) is 22.0 Å². The quantitative estimate of drug-likeness (QED) is 0.718. The molecule has 7 nitrogen and oxygen atoms in total. The minimum atomic E-state index is -0.480. The van der Waals surface area contributed by atoms with Crippen LogP contribution in [0.4, 0.5) is 5.13 Å². The Labute approximate surface area is 152 Å². The SMILES string of the molecule is O=C(CN1C(=O)c2ccccc2C1=O)Nc1nc(-c2cccnc2)cs1. The van der Waals surface area contributed by atoms with E-state index in [-0.39, 0.29) is 6.54 Å². The van der Waals surface area contributed by atoms with Crippen molar-refractivity contribution in [3.05, 3.63) is 65.3 Å². The second-order valence-corrected chi connectivity index (χ2v) is 6.43. The number of amides is 3.